The minimum atomic E-state index is -3.60. The summed E-state index contributed by atoms with van der Waals surface area (Å²) < 4.78 is 15.5. The van der Waals surface area contributed by atoms with E-state index in [0.29, 0.717) is 0 Å². The fourth-order valence-corrected chi connectivity index (χ4v) is 12.5. The van der Waals surface area contributed by atoms with E-state index in [2.05, 4.69) is 76.2 Å². The molecule has 0 fully saturated rings. The monoisotopic (exact) mass is 392 g/mol. The van der Waals surface area contributed by atoms with Crippen LogP contribution in [0.5, 0.6) is 0 Å². The first kappa shape index (κ1) is 16.5. The van der Waals surface area contributed by atoms with Crippen molar-refractivity contribution in [2.24, 2.45) is 0 Å². The van der Waals surface area contributed by atoms with Crippen molar-refractivity contribution < 1.29 is 6.15 Å². The van der Waals surface area contributed by atoms with Crippen molar-refractivity contribution in [2.75, 3.05) is 0 Å². The van der Waals surface area contributed by atoms with E-state index in [1.54, 1.807) is 0 Å². The predicted octanol–water partition coefficient (Wildman–Crippen LogP) is 3.09. The van der Waals surface area contributed by atoms with Crippen molar-refractivity contribution >= 4 is 26.4 Å². The number of benzene rings is 2. The summed E-state index contributed by atoms with van der Waals surface area (Å²) in [5.74, 6) is 0. The zero-order valence-corrected chi connectivity index (χ0v) is 16.1. The molecule has 0 spiro atoms. The summed E-state index contributed by atoms with van der Waals surface area (Å²) in [7, 11) is 0. The van der Waals surface area contributed by atoms with Gasteiger partial charge in [-0.15, -0.1) is 0 Å². The molecule has 0 aliphatic rings. The molecular formula is C18H24O2Sn. The molecule has 0 saturated heterocycles. The zero-order valence-electron chi connectivity index (χ0n) is 13.2. The Morgan fingerprint density at radius 2 is 0.952 bits per heavy atom. The molecule has 0 saturated carbocycles. The van der Waals surface area contributed by atoms with E-state index < -0.39 is 19.2 Å². The Morgan fingerprint density at radius 3 is 1.24 bits per heavy atom. The van der Waals surface area contributed by atoms with Crippen molar-refractivity contribution in [1.82, 2.24) is 0 Å². The Bertz CT molecular complexity index is 486. The molecule has 0 aliphatic heterocycles. The van der Waals surface area contributed by atoms with E-state index >= 15 is 0 Å². The van der Waals surface area contributed by atoms with Crippen LogP contribution in [-0.4, -0.2) is 31.4 Å². The molecular weight excluding hydrogens is 367 g/mol. The molecule has 3 heteroatoms. The van der Waals surface area contributed by atoms with E-state index in [9.17, 15) is 0 Å². The van der Waals surface area contributed by atoms with Crippen LogP contribution in [0.4, 0.5) is 0 Å². The van der Waals surface area contributed by atoms with Gasteiger partial charge in [-0.2, -0.15) is 0 Å². The van der Waals surface area contributed by atoms with Crippen LogP contribution in [-0.2, 0) is 6.15 Å². The molecule has 0 atom stereocenters. The quantitative estimate of drug-likeness (QED) is 0.705. The molecule has 2 aromatic carbocycles. The van der Waals surface area contributed by atoms with Gasteiger partial charge in [0.25, 0.3) is 0 Å². The van der Waals surface area contributed by atoms with Crippen molar-refractivity contribution in [3.8, 4) is 0 Å². The minimum absolute atomic E-state index is 0.139. The van der Waals surface area contributed by atoms with Crippen molar-refractivity contribution in [3.63, 3.8) is 0 Å². The summed E-state index contributed by atoms with van der Waals surface area (Å²) in [6.45, 7) is 8.34. The molecule has 0 unspecified atom stereocenters. The molecule has 2 rings (SSSR count). The maximum atomic E-state index is 6.51. The Balaban J connectivity index is 2.59. The molecule has 21 heavy (non-hydrogen) atoms. The second kappa shape index (κ2) is 7.43. The van der Waals surface area contributed by atoms with Crippen LogP contribution < -0.4 is 7.16 Å². The summed E-state index contributed by atoms with van der Waals surface area (Å²) in [4.78, 5) is 0. The van der Waals surface area contributed by atoms with Gasteiger partial charge in [0.2, 0.25) is 0 Å². The molecule has 0 bridgehead atoms. The summed E-state index contributed by atoms with van der Waals surface area (Å²) in [6, 6.07) is 20.9. The first-order chi connectivity index (χ1) is 10.0. The topological polar surface area (TPSA) is 18.5 Å². The van der Waals surface area contributed by atoms with E-state index in [-0.39, 0.29) is 12.2 Å². The molecule has 0 aromatic heterocycles. The normalized spacial score (nSPS) is 12.1. The van der Waals surface area contributed by atoms with Crippen molar-refractivity contribution in [2.45, 2.75) is 39.9 Å². The van der Waals surface area contributed by atoms with Gasteiger partial charge in [0.05, 0.1) is 0 Å². The SMILES string of the molecule is CC(C)[O][Sn]([O]C(C)C)([c]1ccccc1)[c]1ccccc1. The van der Waals surface area contributed by atoms with Crippen molar-refractivity contribution in [1.29, 1.82) is 0 Å². The Labute approximate surface area is 133 Å². The van der Waals surface area contributed by atoms with Gasteiger partial charge in [-0.05, 0) is 0 Å². The van der Waals surface area contributed by atoms with Crippen LogP contribution in [0.3, 0.4) is 0 Å². The van der Waals surface area contributed by atoms with Gasteiger partial charge in [-0.3, -0.25) is 0 Å². The van der Waals surface area contributed by atoms with Crippen LogP contribution >= 0.6 is 0 Å². The molecule has 0 aliphatic carbocycles. The van der Waals surface area contributed by atoms with E-state index in [1.807, 2.05) is 12.1 Å². The van der Waals surface area contributed by atoms with Crippen LogP contribution in [0, 0.1) is 0 Å². The van der Waals surface area contributed by atoms with Crippen LogP contribution in [0.15, 0.2) is 60.7 Å². The van der Waals surface area contributed by atoms with Gasteiger partial charge in [0.15, 0.2) is 0 Å². The van der Waals surface area contributed by atoms with Crippen LogP contribution in [0.2, 0.25) is 0 Å². The third kappa shape index (κ3) is 4.09. The fraction of sp³-hybridized carbons (Fsp3) is 0.333. The average molecular weight is 391 g/mol. The molecule has 2 aromatic rings. The number of rotatable bonds is 6. The van der Waals surface area contributed by atoms with Gasteiger partial charge in [0.1, 0.15) is 0 Å². The molecule has 0 N–H and O–H groups in total. The summed E-state index contributed by atoms with van der Waals surface area (Å²) in [6.07, 6.45) is 0.278. The first-order valence-electron chi connectivity index (χ1n) is 7.51. The van der Waals surface area contributed by atoms with E-state index in [4.69, 9.17) is 6.15 Å². The van der Waals surface area contributed by atoms with E-state index in [1.165, 1.54) is 7.16 Å². The molecule has 0 heterocycles. The van der Waals surface area contributed by atoms with Crippen molar-refractivity contribution in [3.05, 3.63) is 60.7 Å². The predicted molar refractivity (Wildman–Crippen MR) is 90.3 cm³/mol. The molecule has 112 valence electrons. The standard InChI is InChI=1S/2C6H5.2C3H7O.Sn/c2*1-2-4-6-5-3-1;2*1-3(2)4;/h2*1-5H;2*3H,1-2H3;/q;;2*-1;+2. The van der Waals surface area contributed by atoms with E-state index in [0.717, 1.165) is 0 Å². The zero-order chi connectivity index (χ0) is 15.3. The second-order valence-corrected chi connectivity index (χ2v) is 13.8. The maximum absolute atomic E-state index is 6.51. The first-order valence-corrected chi connectivity index (χ1v) is 12.7. The Kier molecular flexibility index (Phi) is 5.85. The van der Waals surface area contributed by atoms with Gasteiger partial charge >= 0.3 is 133 Å². The second-order valence-electron chi connectivity index (χ2n) is 5.68. The van der Waals surface area contributed by atoms with Gasteiger partial charge in [-0.1, -0.05) is 0 Å². The van der Waals surface area contributed by atoms with Crippen LogP contribution in [0.1, 0.15) is 27.7 Å². The molecule has 2 nitrogen and oxygen atoms in total. The molecule has 0 amide bonds. The van der Waals surface area contributed by atoms with Gasteiger partial charge in [-0.25, -0.2) is 0 Å². The Morgan fingerprint density at radius 1 is 0.619 bits per heavy atom. The average Bonchev–Trinajstić information content (AvgIpc) is 2.47. The molecule has 0 radical (unpaired) electrons. The Hall–Kier alpha value is -0.841. The third-order valence-electron chi connectivity index (χ3n) is 3.11. The van der Waals surface area contributed by atoms with Gasteiger partial charge in [0, 0.05) is 0 Å². The fourth-order valence-electron chi connectivity index (χ4n) is 2.45. The summed E-state index contributed by atoms with van der Waals surface area (Å²) in [5.41, 5.74) is 0. The van der Waals surface area contributed by atoms with Crippen LogP contribution in [0.25, 0.3) is 0 Å². The number of hydrogen-bond acceptors (Lipinski definition) is 2. The third-order valence-corrected chi connectivity index (χ3v) is 13.9. The summed E-state index contributed by atoms with van der Waals surface area (Å²) >= 11 is -3.60. The number of hydrogen-bond donors (Lipinski definition) is 0. The van der Waals surface area contributed by atoms with Gasteiger partial charge < -0.3 is 0 Å². The summed E-state index contributed by atoms with van der Waals surface area (Å²) in [5, 5.41) is 0.